The van der Waals surface area contributed by atoms with E-state index >= 15 is 0 Å². The molecule has 0 spiro atoms. The van der Waals surface area contributed by atoms with Gasteiger partial charge in [0.2, 0.25) is 0 Å². The number of rotatable bonds is 3. The maximum absolute atomic E-state index is 2.47. The minimum absolute atomic E-state index is 0.408. The van der Waals surface area contributed by atoms with Crippen LogP contribution in [0.4, 0.5) is 0 Å². The molecule has 0 aliphatic rings. The molecule has 0 aliphatic heterocycles. The molecule has 0 amide bonds. The van der Waals surface area contributed by atoms with E-state index in [2.05, 4.69) is 23.0 Å². The average molecular weight is 233 g/mol. The van der Waals surface area contributed by atoms with Crippen molar-refractivity contribution in [3.63, 3.8) is 0 Å². The zero-order chi connectivity index (χ0) is 6.57. The van der Waals surface area contributed by atoms with Gasteiger partial charge in [0.25, 0.3) is 0 Å². The molecule has 8 heavy (non-hydrogen) atoms. The van der Waals surface area contributed by atoms with E-state index < -0.39 is 28.7 Å². The second kappa shape index (κ2) is 4.92. The van der Waals surface area contributed by atoms with E-state index in [1.165, 1.54) is 0 Å². The molecule has 0 atom stereocenters. The first-order valence-electron chi connectivity index (χ1n) is 3.21. The standard InChI is InChI=1S/C6H16Ge2/c1-7(2)5-6-8(3)4/h5-6H2,1-4H3. The Morgan fingerprint density at radius 2 is 1.00 bits per heavy atom. The number of hydrogen-bond acceptors (Lipinski definition) is 0. The van der Waals surface area contributed by atoms with Crippen LogP contribution in [0.3, 0.4) is 0 Å². The van der Waals surface area contributed by atoms with Crippen LogP contribution in [0.2, 0.25) is 33.5 Å². The Bertz CT molecular complexity index is 42.5. The Hall–Kier alpha value is 1.09. The summed E-state index contributed by atoms with van der Waals surface area (Å²) in [7, 11) is 0. The van der Waals surface area contributed by atoms with Crippen LogP contribution in [0, 0.1) is 0 Å². The Morgan fingerprint density at radius 3 is 1.12 bits per heavy atom. The zero-order valence-corrected chi connectivity index (χ0v) is 10.6. The Kier molecular flexibility index (Phi) is 5.59. The summed E-state index contributed by atoms with van der Waals surface area (Å²) in [6, 6.07) is 0. The van der Waals surface area contributed by atoms with Gasteiger partial charge in [0, 0.05) is 0 Å². The quantitative estimate of drug-likeness (QED) is 0.657. The summed E-state index contributed by atoms with van der Waals surface area (Å²) in [6.45, 7) is 0. The molecule has 0 heterocycles. The first kappa shape index (κ1) is 9.09. The van der Waals surface area contributed by atoms with E-state index in [0.717, 1.165) is 0 Å². The van der Waals surface area contributed by atoms with Crippen LogP contribution in [-0.2, 0) is 0 Å². The summed E-state index contributed by atoms with van der Waals surface area (Å²) < 4.78 is 0. The molecule has 0 N–H and O–H groups in total. The van der Waals surface area contributed by atoms with Crippen molar-refractivity contribution in [3.8, 4) is 0 Å². The molecule has 2 radical (unpaired) electrons. The van der Waals surface area contributed by atoms with Crippen molar-refractivity contribution in [2.45, 2.75) is 33.5 Å². The summed E-state index contributed by atoms with van der Waals surface area (Å²) >= 11 is -0.815. The molecule has 0 rings (SSSR count). The van der Waals surface area contributed by atoms with Gasteiger partial charge in [0.15, 0.2) is 0 Å². The van der Waals surface area contributed by atoms with Gasteiger partial charge in [-0.05, 0) is 0 Å². The molecule has 0 aliphatic carbocycles. The third kappa shape index (κ3) is 7.09. The van der Waals surface area contributed by atoms with Crippen molar-refractivity contribution in [2.24, 2.45) is 0 Å². The van der Waals surface area contributed by atoms with Gasteiger partial charge in [-0.2, -0.15) is 0 Å². The van der Waals surface area contributed by atoms with Gasteiger partial charge in [-0.15, -0.1) is 0 Å². The van der Waals surface area contributed by atoms with Crippen LogP contribution in [0.5, 0.6) is 0 Å². The normalized spacial score (nSPS) is 11.2. The fourth-order valence-corrected chi connectivity index (χ4v) is 13.5. The number of hydrogen-bond donors (Lipinski definition) is 0. The second-order valence-electron chi connectivity index (χ2n) is 2.91. The minimum atomic E-state index is -0.408. The predicted molar refractivity (Wildman–Crippen MR) is 44.6 cm³/mol. The molecule has 2 heteroatoms. The van der Waals surface area contributed by atoms with Crippen LogP contribution in [-0.4, -0.2) is 28.7 Å². The van der Waals surface area contributed by atoms with Crippen molar-refractivity contribution in [3.05, 3.63) is 0 Å². The van der Waals surface area contributed by atoms with Crippen molar-refractivity contribution < 1.29 is 0 Å². The van der Waals surface area contributed by atoms with Crippen LogP contribution in [0.15, 0.2) is 0 Å². The van der Waals surface area contributed by atoms with Gasteiger partial charge in [-0.3, -0.25) is 0 Å². The molecular weight excluding hydrogens is 217 g/mol. The summed E-state index contributed by atoms with van der Waals surface area (Å²) in [5, 5.41) is 3.25. The zero-order valence-electron chi connectivity index (χ0n) is 6.41. The Morgan fingerprint density at radius 1 is 0.750 bits per heavy atom. The Balaban J connectivity index is 2.93. The topological polar surface area (TPSA) is 0 Å². The van der Waals surface area contributed by atoms with Gasteiger partial charge in [0.05, 0.1) is 0 Å². The molecule has 0 aromatic carbocycles. The average Bonchev–Trinajstić information content (AvgIpc) is 1.61. The molecule has 0 saturated carbocycles. The van der Waals surface area contributed by atoms with Gasteiger partial charge in [0.1, 0.15) is 0 Å². The summed E-state index contributed by atoms with van der Waals surface area (Å²) in [5.74, 6) is 9.89. The van der Waals surface area contributed by atoms with Gasteiger partial charge < -0.3 is 0 Å². The van der Waals surface area contributed by atoms with Crippen LogP contribution >= 0.6 is 0 Å². The molecule has 0 aromatic rings. The predicted octanol–water partition coefficient (Wildman–Crippen LogP) is 2.50. The summed E-state index contributed by atoms with van der Waals surface area (Å²) in [6.07, 6.45) is 0. The monoisotopic (exact) mass is 236 g/mol. The van der Waals surface area contributed by atoms with Crippen molar-refractivity contribution in [2.75, 3.05) is 0 Å². The van der Waals surface area contributed by atoms with Crippen LogP contribution < -0.4 is 0 Å². The van der Waals surface area contributed by atoms with E-state index in [9.17, 15) is 0 Å². The van der Waals surface area contributed by atoms with Gasteiger partial charge in [-0.25, -0.2) is 0 Å². The molecule has 0 nitrogen and oxygen atoms in total. The van der Waals surface area contributed by atoms with E-state index in [4.69, 9.17) is 0 Å². The molecule has 0 fully saturated rings. The SMILES string of the molecule is [CH3][Ge]([CH3])[CH2][CH2][Ge]([CH3])[CH3]. The van der Waals surface area contributed by atoms with E-state index in [1.807, 2.05) is 0 Å². The van der Waals surface area contributed by atoms with Crippen LogP contribution in [0.25, 0.3) is 0 Å². The van der Waals surface area contributed by atoms with Crippen molar-refractivity contribution in [1.82, 2.24) is 0 Å². The first-order valence-corrected chi connectivity index (χ1v) is 14.6. The summed E-state index contributed by atoms with van der Waals surface area (Å²) in [5.41, 5.74) is 0. The maximum atomic E-state index is 2.47. The first-order chi connectivity index (χ1) is 3.63. The fraction of sp³-hybridized carbons (Fsp3) is 1.00. The van der Waals surface area contributed by atoms with Crippen molar-refractivity contribution in [1.29, 1.82) is 0 Å². The molecular formula is C6H16Ge2. The fourth-order valence-electron chi connectivity index (χ4n) is 0.500. The van der Waals surface area contributed by atoms with Gasteiger partial charge in [-0.1, -0.05) is 0 Å². The van der Waals surface area contributed by atoms with Crippen molar-refractivity contribution >= 4 is 28.7 Å². The van der Waals surface area contributed by atoms with E-state index in [-0.39, 0.29) is 0 Å². The van der Waals surface area contributed by atoms with Gasteiger partial charge >= 0.3 is 62.2 Å². The molecule has 0 bridgehead atoms. The molecule has 0 saturated heterocycles. The molecule has 0 unspecified atom stereocenters. The van der Waals surface area contributed by atoms with E-state index in [0.29, 0.717) is 0 Å². The molecule has 0 aromatic heterocycles. The molecule has 48 valence electrons. The third-order valence-corrected chi connectivity index (χ3v) is 8.57. The Labute approximate surface area is 62.3 Å². The third-order valence-electron chi connectivity index (χ3n) is 1.12. The summed E-state index contributed by atoms with van der Waals surface area (Å²) in [4.78, 5) is 0. The van der Waals surface area contributed by atoms with E-state index in [1.54, 1.807) is 10.5 Å². The second-order valence-corrected chi connectivity index (χ2v) is 15.1. The van der Waals surface area contributed by atoms with Crippen LogP contribution in [0.1, 0.15) is 0 Å².